The molecule has 0 aliphatic heterocycles. The van der Waals surface area contributed by atoms with Crippen LogP contribution in [0.25, 0.3) is 0 Å². The summed E-state index contributed by atoms with van der Waals surface area (Å²) >= 11 is 0. The zero-order chi connectivity index (χ0) is 14.5. The molecule has 1 rings (SSSR count). The molecule has 0 spiro atoms. The number of aliphatic hydroxyl groups excluding tert-OH is 1. The number of carbonyl (C=O) groups excluding carboxylic acids is 1. The summed E-state index contributed by atoms with van der Waals surface area (Å²) < 4.78 is 5.33. The maximum atomic E-state index is 11.6. The molecule has 19 heavy (non-hydrogen) atoms. The lowest BCUT2D eigenvalue weighted by Gasteiger charge is -2.29. The van der Waals surface area contributed by atoms with E-state index in [1.54, 1.807) is 13.8 Å². The Kier molecular flexibility index (Phi) is 6.27. The van der Waals surface area contributed by atoms with E-state index < -0.39 is 5.60 Å². The quantitative estimate of drug-likeness (QED) is 0.728. The highest BCUT2D eigenvalue weighted by Crippen LogP contribution is 2.31. The smallest absolute Gasteiger partial charge is 0.308 e. The van der Waals surface area contributed by atoms with Gasteiger partial charge in [0, 0.05) is 6.61 Å². The highest BCUT2D eigenvalue weighted by molar-refractivity contribution is 5.70. The standard InChI is InChI=1S/C15H28O4/c1-11(19-14(17)9-15(2,3)18)8-12-4-6-13(10-16)7-5-12/h11-13,16,18H,4-10H2,1-3H3. The van der Waals surface area contributed by atoms with Crippen molar-refractivity contribution >= 4 is 5.97 Å². The Labute approximate surface area is 116 Å². The van der Waals surface area contributed by atoms with Crippen LogP contribution in [0.4, 0.5) is 0 Å². The van der Waals surface area contributed by atoms with Crippen LogP contribution in [0.3, 0.4) is 0 Å². The van der Waals surface area contributed by atoms with Crippen LogP contribution in [-0.2, 0) is 9.53 Å². The molecule has 1 saturated carbocycles. The molecule has 1 aliphatic rings. The Hall–Kier alpha value is -0.610. The monoisotopic (exact) mass is 272 g/mol. The third-order valence-electron chi connectivity index (χ3n) is 3.80. The van der Waals surface area contributed by atoms with Crippen LogP contribution < -0.4 is 0 Å². The molecule has 0 aromatic rings. The topological polar surface area (TPSA) is 66.8 Å². The van der Waals surface area contributed by atoms with Gasteiger partial charge in [-0.3, -0.25) is 4.79 Å². The van der Waals surface area contributed by atoms with Gasteiger partial charge in [0.15, 0.2) is 0 Å². The summed E-state index contributed by atoms with van der Waals surface area (Å²) in [6.45, 7) is 5.42. The minimum Gasteiger partial charge on any atom is -0.463 e. The number of aliphatic hydroxyl groups is 2. The maximum Gasteiger partial charge on any atom is 0.308 e. The average Bonchev–Trinajstić information content (AvgIpc) is 2.27. The van der Waals surface area contributed by atoms with Crippen molar-refractivity contribution in [3.8, 4) is 0 Å². The molecule has 1 aliphatic carbocycles. The number of esters is 1. The molecule has 1 atom stereocenters. The minimum atomic E-state index is -1.00. The van der Waals surface area contributed by atoms with Crippen molar-refractivity contribution in [2.75, 3.05) is 6.61 Å². The number of rotatable bonds is 6. The predicted molar refractivity (Wildman–Crippen MR) is 73.6 cm³/mol. The molecule has 0 aromatic heterocycles. The lowest BCUT2D eigenvalue weighted by molar-refractivity contribution is -0.153. The second kappa shape index (κ2) is 7.25. The second-order valence-corrected chi connectivity index (χ2v) is 6.59. The summed E-state index contributed by atoms with van der Waals surface area (Å²) in [5.41, 5.74) is -1.00. The average molecular weight is 272 g/mol. The van der Waals surface area contributed by atoms with E-state index in [0.717, 1.165) is 32.1 Å². The van der Waals surface area contributed by atoms with Crippen LogP contribution in [0.1, 0.15) is 59.3 Å². The van der Waals surface area contributed by atoms with Crippen molar-refractivity contribution in [1.82, 2.24) is 0 Å². The molecule has 0 radical (unpaired) electrons. The third kappa shape index (κ3) is 6.92. The third-order valence-corrected chi connectivity index (χ3v) is 3.80. The number of hydrogen-bond donors (Lipinski definition) is 2. The summed E-state index contributed by atoms with van der Waals surface area (Å²) in [5.74, 6) is 0.723. The molecular weight excluding hydrogens is 244 g/mol. The van der Waals surface area contributed by atoms with E-state index in [-0.39, 0.29) is 18.5 Å². The second-order valence-electron chi connectivity index (χ2n) is 6.59. The fourth-order valence-electron chi connectivity index (χ4n) is 2.79. The molecule has 4 heteroatoms. The Bertz CT molecular complexity index is 274. The van der Waals surface area contributed by atoms with E-state index in [0.29, 0.717) is 18.4 Å². The number of ether oxygens (including phenoxy) is 1. The van der Waals surface area contributed by atoms with Gasteiger partial charge in [0.05, 0.1) is 18.1 Å². The van der Waals surface area contributed by atoms with Gasteiger partial charge in [-0.05, 0) is 64.7 Å². The Morgan fingerprint density at radius 2 is 1.79 bits per heavy atom. The SMILES string of the molecule is CC(CC1CCC(CO)CC1)OC(=O)CC(C)(C)O. The maximum absolute atomic E-state index is 11.6. The van der Waals surface area contributed by atoms with E-state index in [2.05, 4.69) is 0 Å². The Balaban J connectivity index is 2.24. The first-order valence-electron chi connectivity index (χ1n) is 7.33. The summed E-state index contributed by atoms with van der Waals surface area (Å²) in [6, 6.07) is 0. The summed E-state index contributed by atoms with van der Waals surface area (Å²) in [6.07, 6.45) is 5.20. The van der Waals surface area contributed by atoms with Crippen molar-refractivity contribution in [3.05, 3.63) is 0 Å². The predicted octanol–water partition coefficient (Wildman–Crippen LogP) is 2.27. The van der Waals surface area contributed by atoms with Gasteiger partial charge < -0.3 is 14.9 Å². The molecule has 0 amide bonds. The van der Waals surface area contributed by atoms with E-state index in [1.165, 1.54) is 0 Å². The van der Waals surface area contributed by atoms with Crippen LogP contribution in [0, 0.1) is 11.8 Å². The zero-order valence-electron chi connectivity index (χ0n) is 12.4. The van der Waals surface area contributed by atoms with Crippen LogP contribution in [0.2, 0.25) is 0 Å². The minimum absolute atomic E-state index is 0.0363. The van der Waals surface area contributed by atoms with Crippen molar-refractivity contribution < 1.29 is 19.7 Å². The normalized spacial score (nSPS) is 25.9. The van der Waals surface area contributed by atoms with Gasteiger partial charge in [0.25, 0.3) is 0 Å². The molecule has 1 unspecified atom stereocenters. The first-order chi connectivity index (χ1) is 8.80. The van der Waals surface area contributed by atoms with Gasteiger partial charge in [-0.2, -0.15) is 0 Å². The molecular formula is C15H28O4. The lowest BCUT2D eigenvalue weighted by atomic mass is 9.80. The van der Waals surface area contributed by atoms with Gasteiger partial charge in [-0.25, -0.2) is 0 Å². The molecule has 112 valence electrons. The molecule has 1 fully saturated rings. The zero-order valence-corrected chi connectivity index (χ0v) is 12.4. The first kappa shape index (κ1) is 16.4. The first-order valence-corrected chi connectivity index (χ1v) is 7.33. The van der Waals surface area contributed by atoms with Crippen molar-refractivity contribution in [1.29, 1.82) is 0 Å². The van der Waals surface area contributed by atoms with Gasteiger partial charge in [0.2, 0.25) is 0 Å². The van der Waals surface area contributed by atoms with Crippen molar-refractivity contribution in [2.24, 2.45) is 11.8 Å². The van der Waals surface area contributed by atoms with Crippen LogP contribution in [0.5, 0.6) is 0 Å². The Morgan fingerprint density at radius 3 is 2.26 bits per heavy atom. The molecule has 0 saturated heterocycles. The number of carbonyl (C=O) groups is 1. The van der Waals surface area contributed by atoms with E-state index in [9.17, 15) is 9.90 Å². The lowest BCUT2D eigenvalue weighted by Crippen LogP contribution is -2.28. The highest BCUT2D eigenvalue weighted by Gasteiger charge is 2.25. The fourth-order valence-corrected chi connectivity index (χ4v) is 2.79. The van der Waals surface area contributed by atoms with Crippen molar-refractivity contribution in [3.63, 3.8) is 0 Å². The van der Waals surface area contributed by atoms with Crippen LogP contribution in [0.15, 0.2) is 0 Å². The van der Waals surface area contributed by atoms with Crippen LogP contribution >= 0.6 is 0 Å². The fraction of sp³-hybridized carbons (Fsp3) is 0.933. The largest absolute Gasteiger partial charge is 0.463 e. The van der Waals surface area contributed by atoms with Crippen molar-refractivity contribution in [2.45, 2.75) is 71.0 Å². The molecule has 0 bridgehead atoms. The van der Waals surface area contributed by atoms with Gasteiger partial charge >= 0.3 is 5.97 Å². The summed E-state index contributed by atoms with van der Waals surface area (Å²) in [4.78, 5) is 11.6. The molecule has 2 N–H and O–H groups in total. The number of hydrogen-bond acceptors (Lipinski definition) is 4. The van der Waals surface area contributed by atoms with Gasteiger partial charge in [0.1, 0.15) is 0 Å². The van der Waals surface area contributed by atoms with Gasteiger partial charge in [-0.15, -0.1) is 0 Å². The molecule has 0 heterocycles. The molecule has 0 aromatic carbocycles. The Morgan fingerprint density at radius 1 is 1.26 bits per heavy atom. The van der Waals surface area contributed by atoms with E-state index in [1.807, 2.05) is 6.92 Å². The molecule has 4 nitrogen and oxygen atoms in total. The summed E-state index contributed by atoms with van der Waals surface area (Å²) in [5, 5.41) is 18.6. The van der Waals surface area contributed by atoms with Crippen LogP contribution in [-0.4, -0.2) is 34.5 Å². The van der Waals surface area contributed by atoms with E-state index in [4.69, 9.17) is 9.84 Å². The van der Waals surface area contributed by atoms with E-state index >= 15 is 0 Å². The summed E-state index contributed by atoms with van der Waals surface area (Å²) in [7, 11) is 0. The highest BCUT2D eigenvalue weighted by atomic mass is 16.5. The van der Waals surface area contributed by atoms with Gasteiger partial charge in [-0.1, -0.05) is 0 Å².